The second kappa shape index (κ2) is 6.79. The number of rotatable bonds is 4. The quantitative estimate of drug-likeness (QED) is 0.813. The molecule has 1 saturated heterocycles. The number of hydrogen-bond acceptors (Lipinski definition) is 4. The number of furan rings is 1. The predicted octanol–water partition coefficient (Wildman–Crippen LogP) is 3.05. The van der Waals surface area contributed by atoms with E-state index in [2.05, 4.69) is 46.2 Å². The summed E-state index contributed by atoms with van der Waals surface area (Å²) in [5.74, 6) is 1.74. The Morgan fingerprint density at radius 1 is 1.00 bits per heavy atom. The van der Waals surface area contributed by atoms with Crippen molar-refractivity contribution < 1.29 is 4.42 Å². The van der Waals surface area contributed by atoms with E-state index in [1.54, 1.807) is 0 Å². The fourth-order valence-corrected chi connectivity index (χ4v) is 2.62. The molecule has 0 aliphatic carbocycles. The number of hydrazone groups is 1. The Balaban J connectivity index is 1.48. The van der Waals surface area contributed by atoms with Crippen LogP contribution in [0, 0.1) is 13.8 Å². The van der Waals surface area contributed by atoms with E-state index in [-0.39, 0.29) is 0 Å². The third-order valence-corrected chi connectivity index (χ3v) is 3.98. The van der Waals surface area contributed by atoms with Crippen LogP contribution in [-0.2, 0) is 6.54 Å². The monoisotopic (exact) mass is 297 g/mol. The summed E-state index contributed by atoms with van der Waals surface area (Å²) in [6.07, 6.45) is 1.81. The van der Waals surface area contributed by atoms with Crippen molar-refractivity contribution in [2.24, 2.45) is 5.10 Å². The van der Waals surface area contributed by atoms with E-state index in [1.165, 1.54) is 11.1 Å². The Kier molecular flexibility index (Phi) is 4.59. The first-order valence-corrected chi connectivity index (χ1v) is 7.82. The average molecular weight is 297 g/mol. The third kappa shape index (κ3) is 3.98. The molecule has 3 rings (SSSR count). The maximum absolute atomic E-state index is 5.50. The summed E-state index contributed by atoms with van der Waals surface area (Å²) in [5.41, 5.74) is 2.70. The Labute approximate surface area is 132 Å². The lowest BCUT2D eigenvalue weighted by Crippen LogP contribution is -2.43. The Morgan fingerprint density at radius 3 is 2.36 bits per heavy atom. The van der Waals surface area contributed by atoms with Gasteiger partial charge in [0, 0.05) is 32.7 Å². The van der Waals surface area contributed by atoms with E-state index >= 15 is 0 Å². The van der Waals surface area contributed by atoms with Crippen LogP contribution < -0.4 is 0 Å². The number of nitrogens with zero attached hydrogens (tertiary/aromatic N) is 3. The number of benzene rings is 1. The van der Waals surface area contributed by atoms with E-state index in [0.717, 1.165) is 44.2 Å². The van der Waals surface area contributed by atoms with Crippen LogP contribution in [0.3, 0.4) is 0 Å². The summed E-state index contributed by atoms with van der Waals surface area (Å²) in [6, 6.07) is 12.7. The van der Waals surface area contributed by atoms with Gasteiger partial charge in [0.05, 0.1) is 6.21 Å². The van der Waals surface area contributed by atoms with Crippen molar-refractivity contribution in [3.05, 3.63) is 59.0 Å². The minimum atomic E-state index is 0.819. The molecule has 0 N–H and O–H groups in total. The highest BCUT2D eigenvalue weighted by Crippen LogP contribution is 2.10. The topological polar surface area (TPSA) is 32.0 Å². The molecule has 0 bridgehead atoms. The summed E-state index contributed by atoms with van der Waals surface area (Å²) in [5, 5.41) is 6.62. The molecule has 22 heavy (non-hydrogen) atoms. The lowest BCUT2D eigenvalue weighted by atomic mass is 10.1. The Hall–Kier alpha value is -2.07. The van der Waals surface area contributed by atoms with Gasteiger partial charge in [0.25, 0.3) is 0 Å². The zero-order chi connectivity index (χ0) is 15.4. The minimum Gasteiger partial charge on any atom is -0.460 e. The maximum atomic E-state index is 5.50. The highest BCUT2D eigenvalue weighted by atomic mass is 16.3. The van der Waals surface area contributed by atoms with Crippen molar-refractivity contribution in [1.82, 2.24) is 9.91 Å². The first-order chi connectivity index (χ1) is 10.7. The summed E-state index contributed by atoms with van der Waals surface area (Å²) in [4.78, 5) is 2.48. The van der Waals surface area contributed by atoms with Crippen molar-refractivity contribution in [1.29, 1.82) is 0 Å². The van der Waals surface area contributed by atoms with Gasteiger partial charge in [0.2, 0.25) is 0 Å². The highest BCUT2D eigenvalue weighted by Gasteiger charge is 2.15. The van der Waals surface area contributed by atoms with Gasteiger partial charge in [-0.2, -0.15) is 5.10 Å². The average Bonchev–Trinajstić information content (AvgIpc) is 2.94. The smallest absolute Gasteiger partial charge is 0.147 e. The van der Waals surface area contributed by atoms with E-state index in [1.807, 2.05) is 25.3 Å². The van der Waals surface area contributed by atoms with Crippen molar-refractivity contribution in [3.63, 3.8) is 0 Å². The summed E-state index contributed by atoms with van der Waals surface area (Å²) in [7, 11) is 0. The van der Waals surface area contributed by atoms with Crippen LogP contribution >= 0.6 is 0 Å². The van der Waals surface area contributed by atoms with Gasteiger partial charge in [-0.1, -0.05) is 29.8 Å². The van der Waals surface area contributed by atoms with Crippen LogP contribution in [0.1, 0.15) is 22.6 Å². The van der Waals surface area contributed by atoms with Crippen molar-refractivity contribution in [2.45, 2.75) is 20.4 Å². The molecule has 4 heteroatoms. The van der Waals surface area contributed by atoms with Crippen molar-refractivity contribution >= 4 is 6.21 Å². The lowest BCUT2D eigenvalue weighted by Gasteiger charge is -2.33. The van der Waals surface area contributed by atoms with Gasteiger partial charge in [0.15, 0.2) is 0 Å². The largest absolute Gasteiger partial charge is 0.460 e. The van der Waals surface area contributed by atoms with Gasteiger partial charge in [-0.05, 0) is 31.5 Å². The van der Waals surface area contributed by atoms with Crippen LogP contribution in [0.15, 0.2) is 45.9 Å². The van der Waals surface area contributed by atoms with Crippen molar-refractivity contribution in [2.75, 3.05) is 26.2 Å². The van der Waals surface area contributed by atoms with Crippen molar-refractivity contribution in [3.8, 4) is 0 Å². The summed E-state index contributed by atoms with van der Waals surface area (Å²) in [6.45, 7) is 9.10. The molecule has 1 aliphatic rings. The molecule has 0 radical (unpaired) electrons. The van der Waals surface area contributed by atoms with E-state index in [0.29, 0.717) is 0 Å². The molecule has 1 aromatic heterocycles. The summed E-state index contributed by atoms with van der Waals surface area (Å²) < 4.78 is 5.50. The van der Waals surface area contributed by atoms with Gasteiger partial charge < -0.3 is 4.42 Å². The number of hydrogen-bond donors (Lipinski definition) is 0. The van der Waals surface area contributed by atoms with Gasteiger partial charge >= 0.3 is 0 Å². The molecule has 1 aromatic carbocycles. The normalized spacial score (nSPS) is 16.5. The fraction of sp³-hybridized carbons (Fsp3) is 0.389. The van der Waals surface area contributed by atoms with E-state index in [9.17, 15) is 0 Å². The third-order valence-electron chi connectivity index (χ3n) is 3.98. The second-order valence-electron chi connectivity index (χ2n) is 5.91. The SMILES string of the molecule is Cc1ccc(CN2CCN(/N=C/c3ccc(C)o3)CC2)cc1. The Bertz CT molecular complexity index is 622. The summed E-state index contributed by atoms with van der Waals surface area (Å²) >= 11 is 0. The van der Waals surface area contributed by atoms with Gasteiger partial charge in [0.1, 0.15) is 11.5 Å². The van der Waals surface area contributed by atoms with Crippen LogP contribution in [-0.4, -0.2) is 42.3 Å². The molecule has 0 spiro atoms. The number of aryl methyl sites for hydroxylation is 2. The molecule has 0 saturated carbocycles. The molecule has 1 aliphatic heterocycles. The molecular weight excluding hydrogens is 274 g/mol. The second-order valence-corrected chi connectivity index (χ2v) is 5.91. The first kappa shape index (κ1) is 14.9. The van der Waals surface area contributed by atoms with Crippen LogP contribution in [0.5, 0.6) is 0 Å². The minimum absolute atomic E-state index is 0.819. The molecule has 2 heterocycles. The molecular formula is C18H23N3O. The molecule has 0 amide bonds. The van der Waals surface area contributed by atoms with Gasteiger partial charge in [-0.25, -0.2) is 0 Å². The van der Waals surface area contributed by atoms with Crippen LogP contribution in [0.2, 0.25) is 0 Å². The van der Waals surface area contributed by atoms with E-state index < -0.39 is 0 Å². The standard InChI is InChI=1S/C18H23N3O/c1-15-3-6-17(7-4-15)14-20-9-11-21(12-10-20)19-13-18-8-5-16(2)22-18/h3-8,13H,9-12,14H2,1-2H3/b19-13+. The predicted molar refractivity (Wildman–Crippen MR) is 89.1 cm³/mol. The van der Waals surface area contributed by atoms with Crippen LogP contribution in [0.4, 0.5) is 0 Å². The molecule has 0 atom stereocenters. The first-order valence-electron chi connectivity index (χ1n) is 7.82. The molecule has 1 fully saturated rings. The lowest BCUT2D eigenvalue weighted by molar-refractivity contribution is 0.131. The highest BCUT2D eigenvalue weighted by molar-refractivity contribution is 5.75. The molecule has 4 nitrogen and oxygen atoms in total. The van der Waals surface area contributed by atoms with E-state index in [4.69, 9.17) is 4.42 Å². The number of piperazine rings is 1. The van der Waals surface area contributed by atoms with Gasteiger partial charge in [-0.3, -0.25) is 9.91 Å². The van der Waals surface area contributed by atoms with Crippen LogP contribution in [0.25, 0.3) is 0 Å². The molecule has 116 valence electrons. The Morgan fingerprint density at radius 2 is 1.73 bits per heavy atom. The maximum Gasteiger partial charge on any atom is 0.147 e. The molecule has 2 aromatic rings. The fourth-order valence-electron chi connectivity index (χ4n) is 2.62. The zero-order valence-electron chi connectivity index (χ0n) is 13.3. The molecule has 0 unspecified atom stereocenters. The zero-order valence-corrected chi connectivity index (χ0v) is 13.3. The van der Waals surface area contributed by atoms with Gasteiger partial charge in [-0.15, -0.1) is 0 Å².